The number of aryl methyl sites for hydroxylation is 2. The molecule has 0 aromatic heterocycles. The van der Waals surface area contributed by atoms with Gasteiger partial charge >= 0.3 is 0 Å². The molecule has 5 nitrogen and oxygen atoms in total. The fourth-order valence-electron chi connectivity index (χ4n) is 3.50. The van der Waals surface area contributed by atoms with Gasteiger partial charge in [-0.05, 0) is 98.4 Å². The van der Waals surface area contributed by atoms with Crippen molar-refractivity contribution in [3.05, 3.63) is 52.1 Å². The Morgan fingerprint density at radius 1 is 0.871 bits per heavy atom. The van der Waals surface area contributed by atoms with Gasteiger partial charge in [0.05, 0.1) is 0 Å². The molecule has 170 valence electrons. The minimum Gasteiger partial charge on any atom is -0.465 e. The molecule has 2 aromatic carbocycles. The monoisotopic (exact) mass is 446 g/mol. The molecule has 0 saturated carbocycles. The van der Waals surface area contributed by atoms with E-state index in [9.17, 15) is 4.79 Å². The van der Waals surface area contributed by atoms with Gasteiger partial charge in [-0.2, -0.15) is 0 Å². The van der Waals surface area contributed by atoms with Gasteiger partial charge < -0.3 is 18.9 Å². The molecule has 6 heteroatoms. The van der Waals surface area contributed by atoms with Crippen LogP contribution in [0.2, 0.25) is 0 Å². The maximum absolute atomic E-state index is 13.3. The first kappa shape index (κ1) is 25.3. The third kappa shape index (κ3) is 6.77. The maximum atomic E-state index is 13.3. The molecule has 3 atom stereocenters. The van der Waals surface area contributed by atoms with E-state index in [1.807, 2.05) is 53.7 Å². The number of ether oxygens (including phenoxy) is 4. The van der Waals surface area contributed by atoms with Crippen LogP contribution in [0.15, 0.2) is 24.3 Å². The Labute approximate surface area is 188 Å². The van der Waals surface area contributed by atoms with E-state index in [0.29, 0.717) is 24.7 Å². The summed E-state index contributed by atoms with van der Waals surface area (Å²) < 4.78 is 22.9. The van der Waals surface area contributed by atoms with Crippen molar-refractivity contribution in [1.29, 1.82) is 0 Å². The molecule has 0 aliphatic carbocycles. The lowest BCUT2D eigenvalue weighted by Gasteiger charge is -2.20. The molecule has 0 N–H and O–H groups in total. The average molecular weight is 447 g/mol. The van der Waals surface area contributed by atoms with Crippen molar-refractivity contribution in [3.8, 4) is 11.5 Å². The number of benzene rings is 2. The Bertz CT molecular complexity index is 909. The van der Waals surface area contributed by atoms with Crippen LogP contribution in [0.25, 0.3) is 0 Å². The van der Waals surface area contributed by atoms with Crippen molar-refractivity contribution < 1.29 is 23.7 Å². The molecule has 31 heavy (non-hydrogen) atoms. The predicted molar refractivity (Wildman–Crippen MR) is 128 cm³/mol. The van der Waals surface area contributed by atoms with Crippen LogP contribution in [-0.4, -0.2) is 31.3 Å². The topological polar surface area (TPSA) is 54.0 Å². The van der Waals surface area contributed by atoms with Crippen LogP contribution in [0.5, 0.6) is 11.5 Å². The normalized spacial score (nSPS) is 13.4. The van der Waals surface area contributed by atoms with E-state index in [-0.39, 0.29) is 20.4 Å². The van der Waals surface area contributed by atoms with Crippen molar-refractivity contribution >= 4 is 19.4 Å². The summed E-state index contributed by atoms with van der Waals surface area (Å²) in [5, 5.41) is 0.824. The van der Waals surface area contributed by atoms with E-state index in [1.54, 1.807) is 6.07 Å². The molecule has 0 heterocycles. The van der Waals surface area contributed by atoms with Gasteiger partial charge in [-0.15, -0.1) is 0 Å². The molecule has 0 fully saturated rings. The lowest BCUT2D eigenvalue weighted by Crippen LogP contribution is -2.20. The summed E-state index contributed by atoms with van der Waals surface area (Å²) in [6.07, 6.45) is -0.814. The van der Waals surface area contributed by atoms with Gasteiger partial charge in [0.15, 0.2) is 18.1 Å². The molecule has 0 bridgehead atoms. The Kier molecular flexibility index (Phi) is 9.49. The first-order valence-electron chi connectivity index (χ1n) is 10.8. The molecule has 0 spiro atoms. The molecule has 2 aromatic rings. The van der Waals surface area contributed by atoms with Gasteiger partial charge in [-0.3, -0.25) is 4.79 Å². The van der Waals surface area contributed by atoms with E-state index in [2.05, 4.69) is 19.9 Å². The zero-order valence-corrected chi connectivity index (χ0v) is 20.9. The Morgan fingerprint density at radius 3 is 2.10 bits per heavy atom. The maximum Gasteiger partial charge on any atom is 0.196 e. The fourth-order valence-corrected chi connectivity index (χ4v) is 4.68. The van der Waals surface area contributed by atoms with Crippen LogP contribution in [-0.2, 0) is 9.47 Å². The van der Waals surface area contributed by atoms with Crippen LogP contribution >= 0.6 is 8.58 Å². The lowest BCUT2D eigenvalue weighted by molar-refractivity contribution is -0.0646. The zero-order chi connectivity index (χ0) is 23.1. The standard InChI is InChI=1S/C25H35O5P/c1-9-27-19(7)29-21-11-12-23(22(14-21)30-20(8)28-10-2)31-25(26)24-16(4)13-15(3)17(5)18(24)6/h11-14,19-20,31H,9-10H2,1-8H3. The van der Waals surface area contributed by atoms with Crippen LogP contribution in [0.3, 0.4) is 0 Å². The highest BCUT2D eigenvalue weighted by atomic mass is 31.1. The summed E-state index contributed by atoms with van der Waals surface area (Å²) in [4.78, 5) is 13.3. The van der Waals surface area contributed by atoms with Gasteiger partial charge in [0.25, 0.3) is 0 Å². The molecular weight excluding hydrogens is 411 g/mol. The molecule has 3 unspecified atom stereocenters. The van der Waals surface area contributed by atoms with Gasteiger partial charge in [-0.25, -0.2) is 0 Å². The van der Waals surface area contributed by atoms with Crippen molar-refractivity contribution in [2.24, 2.45) is 0 Å². The largest absolute Gasteiger partial charge is 0.465 e. The lowest BCUT2D eigenvalue weighted by atomic mass is 9.95. The molecule has 0 amide bonds. The number of rotatable bonds is 11. The molecule has 0 saturated heterocycles. The Balaban J connectivity index is 2.36. The number of carbonyl (C=O) groups excluding carboxylic acids is 1. The van der Waals surface area contributed by atoms with E-state index in [4.69, 9.17) is 18.9 Å². The SMILES string of the molecule is CCOC(C)Oc1ccc(PC(=O)c2c(C)cc(C)c(C)c2C)c(OC(C)OCC)c1. The number of hydrogen-bond acceptors (Lipinski definition) is 5. The highest BCUT2D eigenvalue weighted by molar-refractivity contribution is 7.66. The summed E-state index contributed by atoms with van der Waals surface area (Å²) >= 11 is 0. The zero-order valence-electron chi connectivity index (χ0n) is 19.9. The Morgan fingerprint density at radius 2 is 1.48 bits per heavy atom. The van der Waals surface area contributed by atoms with E-state index in [0.717, 1.165) is 27.6 Å². The van der Waals surface area contributed by atoms with Crippen LogP contribution < -0.4 is 14.8 Å². The van der Waals surface area contributed by atoms with Gasteiger partial charge in [-0.1, -0.05) is 6.07 Å². The first-order chi connectivity index (χ1) is 14.7. The summed E-state index contributed by atoms with van der Waals surface area (Å²) in [5.41, 5.74) is 5.32. The quantitative estimate of drug-likeness (QED) is 0.333. The molecule has 2 rings (SSSR count). The van der Waals surface area contributed by atoms with Gasteiger partial charge in [0, 0.05) is 30.1 Å². The predicted octanol–water partition coefficient (Wildman–Crippen LogP) is 5.59. The molecular formula is C25H35O5P. The van der Waals surface area contributed by atoms with E-state index >= 15 is 0 Å². The van der Waals surface area contributed by atoms with Crippen molar-refractivity contribution in [2.45, 2.75) is 68.0 Å². The fraction of sp³-hybridized carbons (Fsp3) is 0.480. The molecule has 0 aliphatic rings. The number of carbonyl (C=O) groups is 1. The molecule has 0 radical (unpaired) electrons. The van der Waals surface area contributed by atoms with Crippen LogP contribution in [0.1, 0.15) is 60.3 Å². The van der Waals surface area contributed by atoms with Gasteiger partial charge in [0.1, 0.15) is 11.5 Å². The number of hydrogen-bond donors (Lipinski definition) is 0. The van der Waals surface area contributed by atoms with Gasteiger partial charge in [0.2, 0.25) is 0 Å². The summed E-state index contributed by atoms with van der Waals surface area (Å²) in [5.74, 6) is 1.21. The molecule has 0 aliphatic heterocycles. The third-order valence-corrected chi connectivity index (χ3v) is 6.34. The van der Waals surface area contributed by atoms with Crippen molar-refractivity contribution in [3.63, 3.8) is 0 Å². The minimum absolute atomic E-state index is 0.0716. The van der Waals surface area contributed by atoms with E-state index in [1.165, 1.54) is 5.56 Å². The van der Waals surface area contributed by atoms with E-state index < -0.39 is 6.29 Å². The minimum atomic E-state index is -0.437. The summed E-state index contributed by atoms with van der Waals surface area (Å²) in [6, 6.07) is 7.63. The summed E-state index contributed by atoms with van der Waals surface area (Å²) in [6.45, 7) is 16.8. The second-order valence-corrected chi connectivity index (χ2v) is 8.77. The van der Waals surface area contributed by atoms with Crippen molar-refractivity contribution in [2.75, 3.05) is 13.2 Å². The second-order valence-electron chi connectivity index (χ2n) is 7.53. The van der Waals surface area contributed by atoms with Crippen LogP contribution in [0, 0.1) is 27.7 Å². The van der Waals surface area contributed by atoms with Crippen molar-refractivity contribution in [1.82, 2.24) is 0 Å². The third-order valence-electron chi connectivity index (χ3n) is 5.18. The first-order valence-corrected chi connectivity index (χ1v) is 11.8. The highest BCUT2D eigenvalue weighted by Gasteiger charge is 2.19. The second kappa shape index (κ2) is 11.6. The highest BCUT2D eigenvalue weighted by Crippen LogP contribution is 2.32. The smallest absolute Gasteiger partial charge is 0.196 e. The summed E-state index contributed by atoms with van der Waals surface area (Å²) in [7, 11) is -0.0716. The average Bonchev–Trinajstić information content (AvgIpc) is 2.68. The Hall–Kier alpha value is -1.94. The van der Waals surface area contributed by atoms with Crippen LogP contribution in [0.4, 0.5) is 0 Å².